The average molecular weight is 310 g/mol. The average Bonchev–Trinajstić information content (AvgIpc) is 2.51. The van der Waals surface area contributed by atoms with Gasteiger partial charge in [-0.05, 0) is 36.8 Å². The third-order valence-corrected chi connectivity index (χ3v) is 3.43. The largest absolute Gasteiger partial charge is 0.339 e. The van der Waals surface area contributed by atoms with E-state index >= 15 is 0 Å². The fraction of sp³-hybridized carbons (Fsp3) is 0.118. The van der Waals surface area contributed by atoms with E-state index < -0.39 is 5.82 Å². The zero-order chi connectivity index (χ0) is 16.4. The van der Waals surface area contributed by atoms with Crippen LogP contribution in [0.4, 0.5) is 21.6 Å². The summed E-state index contributed by atoms with van der Waals surface area (Å²) in [6.07, 6.45) is 1.32. The lowest BCUT2D eigenvalue weighted by Gasteiger charge is -2.13. The summed E-state index contributed by atoms with van der Waals surface area (Å²) in [7, 11) is 0. The fourth-order valence-corrected chi connectivity index (χ4v) is 2.32. The van der Waals surface area contributed by atoms with Crippen LogP contribution in [0.2, 0.25) is 0 Å². The van der Waals surface area contributed by atoms with Gasteiger partial charge in [0.05, 0.1) is 0 Å². The zero-order valence-corrected chi connectivity index (χ0v) is 12.7. The Morgan fingerprint density at radius 3 is 2.78 bits per heavy atom. The van der Waals surface area contributed by atoms with Gasteiger partial charge in [-0.25, -0.2) is 14.4 Å². The van der Waals surface area contributed by atoms with E-state index in [9.17, 15) is 9.18 Å². The van der Waals surface area contributed by atoms with E-state index in [0.717, 1.165) is 11.3 Å². The molecule has 2 N–H and O–H groups in total. The summed E-state index contributed by atoms with van der Waals surface area (Å²) in [6.45, 7) is 3.39. The first-order chi connectivity index (χ1) is 11.0. The maximum absolute atomic E-state index is 13.8. The van der Waals surface area contributed by atoms with Gasteiger partial charge in [0.2, 0.25) is 5.91 Å². The molecule has 5 nitrogen and oxygen atoms in total. The summed E-state index contributed by atoms with van der Waals surface area (Å²) in [5.41, 5.74) is 2.69. The summed E-state index contributed by atoms with van der Waals surface area (Å²) in [4.78, 5) is 19.4. The third kappa shape index (κ3) is 3.11. The number of fused-ring (bicyclic) bond motifs is 1. The number of aryl methyl sites for hydroxylation is 1. The summed E-state index contributed by atoms with van der Waals surface area (Å²) in [5.74, 6) is -0.0244. The van der Waals surface area contributed by atoms with Crippen LogP contribution in [-0.2, 0) is 4.79 Å². The highest BCUT2D eigenvalue weighted by Crippen LogP contribution is 2.27. The second-order valence-corrected chi connectivity index (χ2v) is 5.19. The van der Waals surface area contributed by atoms with Crippen LogP contribution in [0.5, 0.6) is 0 Å². The van der Waals surface area contributed by atoms with Gasteiger partial charge in [0.15, 0.2) is 0 Å². The van der Waals surface area contributed by atoms with Crippen LogP contribution in [0.1, 0.15) is 12.5 Å². The highest BCUT2D eigenvalue weighted by atomic mass is 19.1. The molecule has 3 aromatic rings. The molecular weight excluding hydrogens is 295 g/mol. The van der Waals surface area contributed by atoms with E-state index in [0.29, 0.717) is 16.9 Å². The number of amides is 1. The first kappa shape index (κ1) is 14.9. The highest BCUT2D eigenvalue weighted by molar-refractivity contribution is 5.92. The molecule has 0 bridgehead atoms. The number of benzene rings is 2. The molecule has 1 amide bonds. The van der Waals surface area contributed by atoms with E-state index in [1.54, 1.807) is 12.1 Å². The minimum atomic E-state index is -0.392. The second-order valence-electron chi connectivity index (χ2n) is 5.19. The van der Waals surface area contributed by atoms with Gasteiger partial charge >= 0.3 is 0 Å². The Labute approximate surface area is 132 Å². The molecular formula is C17H15FN4O. The topological polar surface area (TPSA) is 66.9 Å². The lowest BCUT2D eigenvalue weighted by atomic mass is 10.1. The van der Waals surface area contributed by atoms with E-state index in [4.69, 9.17) is 0 Å². The van der Waals surface area contributed by atoms with E-state index in [2.05, 4.69) is 20.6 Å². The Bertz CT molecular complexity index is 895. The first-order valence-corrected chi connectivity index (χ1v) is 7.09. The molecule has 1 heterocycles. The lowest BCUT2D eigenvalue weighted by molar-refractivity contribution is -0.114. The molecule has 0 saturated carbocycles. The standard InChI is InChI=1S/C17H15FN4O/c1-10-6-7-12(21-11(2)23)8-15(10)22-17-13-4-3-5-14(18)16(13)19-9-20-17/h3-9H,1-2H3,(H,21,23)(H,19,20,22). The lowest BCUT2D eigenvalue weighted by Crippen LogP contribution is -2.06. The molecule has 0 atom stereocenters. The Balaban J connectivity index is 2.02. The normalized spacial score (nSPS) is 10.6. The molecule has 0 saturated heterocycles. The minimum absolute atomic E-state index is 0.144. The number of aromatic nitrogens is 2. The van der Waals surface area contributed by atoms with Crippen molar-refractivity contribution in [3.8, 4) is 0 Å². The summed E-state index contributed by atoms with van der Waals surface area (Å²) < 4.78 is 13.8. The highest BCUT2D eigenvalue weighted by Gasteiger charge is 2.09. The van der Waals surface area contributed by atoms with Gasteiger partial charge in [-0.15, -0.1) is 0 Å². The molecule has 3 rings (SSSR count). The number of hydrogen-bond acceptors (Lipinski definition) is 4. The maximum atomic E-state index is 13.8. The molecule has 0 spiro atoms. The predicted octanol–water partition coefficient (Wildman–Crippen LogP) is 3.78. The number of nitrogens with zero attached hydrogens (tertiary/aromatic N) is 2. The smallest absolute Gasteiger partial charge is 0.221 e. The van der Waals surface area contributed by atoms with Crippen molar-refractivity contribution in [3.05, 3.63) is 54.1 Å². The number of halogens is 1. The molecule has 0 aliphatic carbocycles. The predicted molar refractivity (Wildman–Crippen MR) is 88.3 cm³/mol. The number of nitrogens with one attached hydrogen (secondary N) is 2. The molecule has 0 aliphatic rings. The number of anilines is 3. The Hall–Kier alpha value is -3.02. The molecule has 23 heavy (non-hydrogen) atoms. The number of carbonyl (C=O) groups is 1. The van der Waals surface area contributed by atoms with Crippen molar-refractivity contribution in [2.24, 2.45) is 0 Å². The van der Waals surface area contributed by atoms with Crippen molar-refractivity contribution in [1.82, 2.24) is 9.97 Å². The summed E-state index contributed by atoms with van der Waals surface area (Å²) >= 11 is 0. The van der Waals surface area contributed by atoms with E-state index in [1.807, 2.05) is 25.1 Å². The number of hydrogen-bond donors (Lipinski definition) is 2. The number of para-hydroxylation sites is 1. The molecule has 0 unspecified atom stereocenters. The SMILES string of the molecule is CC(=O)Nc1ccc(C)c(Nc2ncnc3c(F)cccc23)c1. The van der Waals surface area contributed by atoms with E-state index in [-0.39, 0.29) is 11.4 Å². The van der Waals surface area contributed by atoms with E-state index in [1.165, 1.54) is 19.3 Å². The molecule has 0 aliphatic heterocycles. The van der Waals surface area contributed by atoms with Crippen molar-refractivity contribution in [2.75, 3.05) is 10.6 Å². The van der Waals surface area contributed by atoms with Gasteiger partial charge in [0.25, 0.3) is 0 Å². The van der Waals surface area contributed by atoms with Crippen molar-refractivity contribution >= 4 is 34.0 Å². The van der Waals surface area contributed by atoms with Crippen molar-refractivity contribution in [2.45, 2.75) is 13.8 Å². The maximum Gasteiger partial charge on any atom is 0.221 e. The second kappa shape index (κ2) is 6.00. The number of carbonyl (C=O) groups excluding carboxylic acids is 1. The quantitative estimate of drug-likeness (QED) is 0.772. The van der Waals surface area contributed by atoms with Crippen molar-refractivity contribution < 1.29 is 9.18 Å². The van der Waals surface area contributed by atoms with Crippen molar-refractivity contribution in [3.63, 3.8) is 0 Å². The number of rotatable bonds is 3. The van der Waals surface area contributed by atoms with Crippen LogP contribution >= 0.6 is 0 Å². The monoisotopic (exact) mass is 310 g/mol. The summed E-state index contributed by atoms with van der Waals surface area (Å²) in [5, 5.41) is 6.51. The summed E-state index contributed by atoms with van der Waals surface area (Å²) in [6, 6.07) is 10.3. The molecule has 116 valence electrons. The van der Waals surface area contributed by atoms with Gasteiger partial charge in [-0.3, -0.25) is 4.79 Å². The zero-order valence-electron chi connectivity index (χ0n) is 12.7. The molecule has 2 aromatic carbocycles. The molecule has 1 aromatic heterocycles. The Morgan fingerprint density at radius 1 is 1.17 bits per heavy atom. The third-order valence-electron chi connectivity index (χ3n) is 3.43. The van der Waals surface area contributed by atoms with Gasteiger partial charge in [-0.1, -0.05) is 12.1 Å². The minimum Gasteiger partial charge on any atom is -0.339 e. The first-order valence-electron chi connectivity index (χ1n) is 7.09. The van der Waals surface area contributed by atoms with Crippen LogP contribution in [0, 0.1) is 12.7 Å². The van der Waals surface area contributed by atoms with Crippen LogP contribution < -0.4 is 10.6 Å². The van der Waals surface area contributed by atoms with Gasteiger partial charge in [0, 0.05) is 23.7 Å². The molecule has 0 fully saturated rings. The molecule has 6 heteroatoms. The van der Waals surface area contributed by atoms with Crippen molar-refractivity contribution in [1.29, 1.82) is 0 Å². The Kier molecular flexibility index (Phi) is 3.89. The molecule has 0 radical (unpaired) electrons. The fourth-order valence-electron chi connectivity index (χ4n) is 2.32. The van der Waals surface area contributed by atoms with Gasteiger partial charge < -0.3 is 10.6 Å². The van der Waals surface area contributed by atoms with Gasteiger partial charge in [-0.2, -0.15) is 0 Å². The Morgan fingerprint density at radius 2 is 2.00 bits per heavy atom. The van der Waals surface area contributed by atoms with Crippen LogP contribution in [0.25, 0.3) is 10.9 Å². The van der Waals surface area contributed by atoms with Gasteiger partial charge in [0.1, 0.15) is 23.5 Å². The van der Waals surface area contributed by atoms with Crippen LogP contribution in [0.3, 0.4) is 0 Å². The van der Waals surface area contributed by atoms with Crippen LogP contribution in [0.15, 0.2) is 42.7 Å². The van der Waals surface area contributed by atoms with Crippen LogP contribution in [-0.4, -0.2) is 15.9 Å².